The molecule has 0 unspecified atom stereocenters. The Bertz CT molecular complexity index is 993. The zero-order chi connectivity index (χ0) is 18.7. The highest BCUT2D eigenvalue weighted by atomic mass is 16.2. The molecule has 0 bridgehead atoms. The molecule has 2 aromatic carbocycles. The summed E-state index contributed by atoms with van der Waals surface area (Å²) in [5.74, 6) is -0.196. The van der Waals surface area contributed by atoms with Crippen molar-refractivity contribution in [3.8, 4) is 11.3 Å². The normalized spacial score (nSPS) is 15.0. The van der Waals surface area contributed by atoms with Gasteiger partial charge in [-0.05, 0) is 30.9 Å². The Morgan fingerprint density at radius 3 is 2.26 bits per heavy atom. The van der Waals surface area contributed by atoms with Gasteiger partial charge in [-0.25, -0.2) is 4.68 Å². The van der Waals surface area contributed by atoms with Crippen molar-refractivity contribution in [1.82, 2.24) is 15.1 Å². The van der Waals surface area contributed by atoms with Gasteiger partial charge in [-0.15, -0.1) is 0 Å². The summed E-state index contributed by atoms with van der Waals surface area (Å²) in [6, 6.07) is 22.8. The number of hydrogen-bond acceptors (Lipinski definition) is 3. The number of nitrogens with one attached hydrogen (secondary N) is 1. The largest absolute Gasteiger partial charge is 0.345 e. The van der Waals surface area contributed by atoms with Gasteiger partial charge < -0.3 is 5.32 Å². The van der Waals surface area contributed by atoms with E-state index in [1.54, 1.807) is 6.07 Å². The molecule has 3 aromatic rings. The first-order valence-corrected chi connectivity index (χ1v) is 9.16. The fourth-order valence-electron chi connectivity index (χ4n) is 3.54. The summed E-state index contributed by atoms with van der Waals surface area (Å²) in [5.41, 5.74) is 2.09. The third-order valence-electron chi connectivity index (χ3n) is 5.14. The van der Waals surface area contributed by atoms with Crippen molar-refractivity contribution >= 4 is 5.91 Å². The molecule has 1 aromatic heterocycles. The lowest BCUT2D eigenvalue weighted by atomic mass is 9.72. The van der Waals surface area contributed by atoms with Crippen LogP contribution in [0.15, 0.2) is 77.6 Å². The predicted molar refractivity (Wildman–Crippen MR) is 104 cm³/mol. The number of amides is 1. The number of aromatic nitrogens is 2. The molecule has 1 heterocycles. The van der Waals surface area contributed by atoms with Crippen LogP contribution in [-0.2, 0) is 16.9 Å². The standard InChI is InChI=1S/C22H21N3O2/c26-20(23-22(14-7-15-22)18-10-5-2-6-11-18)16-25-21(27)13-12-19(24-25)17-8-3-1-4-9-17/h1-6,8-13H,7,14-16H2,(H,23,26). The highest BCUT2D eigenvalue weighted by molar-refractivity contribution is 5.77. The Labute approximate surface area is 157 Å². The topological polar surface area (TPSA) is 64.0 Å². The maximum atomic E-state index is 12.7. The first-order valence-electron chi connectivity index (χ1n) is 9.16. The molecule has 1 N–H and O–H groups in total. The molecule has 0 aliphatic heterocycles. The van der Waals surface area contributed by atoms with E-state index in [0.717, 1.165) is 30.4 Å². The van der Waals surface area contributed by atoms with Crippen molar-refractivity contribution in [3.63, 3.8) is 0 Å². The second-order valence-corrected chi connectivity index (χ2v) is 6.93. The molecule has 1 aliphatic carbocycles. The van der Waals surface area contributed by atoms with E-state index in [1.165, 1.54) is 10.7 Å². The molecule has 5 nitrogen and oxygen atoms in total. The van der Waals surface area contributed by atoms with Crippen LogP contribution in [0.1, 0.15) is 24.8 Å². The van der Waals surface area contributed by atoms with E-state index < -0.39 is 0 Å². The molecule has 5 heteroatoms. The molecule has 136 valence electrons. The Morgan fingerprint density at radius 1 is 0.963 bits per heavy atom. The average Bonchev–Trinajstić information content (AvgIpc) is 2.68. The molecule has 0 radical (unpaired) electrons. The maximum absolute atomic E-state index is 12.7. The minimum absolute atomic E-state index is 0.0892. The quantitative estimate of drug-likeness (QED) is 0.761. The number of hydrogen-bond donors (Lipinski definition) is 1. The highest BCUT2D eigenvalue weighted by Crippen LogP contribution is 2.41. The average molecular weight is 359 g/mol. The van der Waals surface area contributed by atoms with Crippen LogP contribution in [0.5, 0.6) is 0 Å². The molecule has 1 saturated carbocycles. The lowest BCUT2D eigenvalue weighted by Gasteiger charge is -2.43. The third kappa shape index (κ3) is 3.53. The van der Waals surface area contributed by atoms with Crippen LogP contribution < -0.4 is 10.9 Å². The van der Waals surface area contributed by atoms with Crippen molar-refractivity contribution in [3.05, 3.63) is 88.7 Å². The van der Waals surface area contributed by atoms with E-state index in [-0.39, 0.29) is 23.6 Å². The first kappa shape index (κ1) is 17.2. The first-order chi connectivity index (χ1) is 13.2. The van der Waals surface area contributed by atoms with Gasteiger partial charge in [0.25, 0.3) is 5.56 Å². The van der Waals surface area contributed by atoms with E-state index >= 15 is 0 Å². The molecule has 4 rings (SSSR count). The van der Waals surface area contributed by atoms with Crippen LogP contribution in [0.2, 0.25) is 0 Å². The van der Waals surface area contributed by atoms with Crippen LogP contribution in [0.4, 0.5) is 0 Å². The SMILES string of the molecule is O=C(Cn1nc(-c2ccccc2)ccc1=O)NC1(c2ccccc2)CCC1. The summed E-state index contributed by atoms with van der Waals surface area (Å²) in [4.78, 5) is 24.9. The van der Waals surface area contributed by atoms with Gasteiger partial charge in [0.2, 0.25) is 5.91 Å². The van der Waals surface area contributed by atoms with Crippen molar-refractivity contribution < 1.29 is 4.79 Å². The predicted octanol–water partition coefficient (Wildman–Crippen LogP) is 3.11. The Morgan fingerprint density at radius 2 is 1.63 bits per heavy atom. The summed E-state index contributed by atoms with van der Waals surface area (Å²) in [6.07, 6.45) is 2.90. The third-order valence-corrected chi connectivity index (χ3v) is 5.14. The van der Waals surface area contributed by atoms with Gasteiger partial charge in [0.05, 0.1) is 11.2 Å². The van der Waals surface area contributed by atoms with Crippen molar-refractivity contribution in [2.45, 2.75) is 31.3 Å². The zero-order valence-electron chi connectivity index (χ0n) is 15.0. The smallest absolute Gasteiger partial charge is 0.267 e. The van der Waals surface area contributed by atoms with Crippen LogP contribution in [0.25, 0.3) is 11.3 Å². The van der Waals surface area contributed by atoms with E-state index in [1.807, 2.05) is 60.7 Å². The summed E-state index contributed by atoms with van der Waals surface area (Å²) in [5, 5.41) is 7.51. The summed E-state index contributed by atoms with van der Waals surface area (Å²) in [6.45, 7) is -0.0892. The minimum atomic E-state index is -0.320. The van der Waals surface area contributed by atoms with Gasteiger partial charge in [-0.1, -0.05) is 60.7 Å². The molecule has 1 fully saturated rings. The fourth-order valence-corrected chi connectivity index (χ4v) is 3.54. The monoisotopic (exact) mass is 359 g/mol. The van der Waals surface area contributed by atoms with Gasteiger partial charge >= 0.3 is 0 Å². The van der Waals surface area contributed by atoms with Gasteiger partial charge in [0.1, 0.15) is 6.54 Å². The summed E-state index contributed by atoms with van der Waals surface area (Å²) < 4.78 is 1.23. The van der Waals surface area contributed by atoms with Gasteiger partial charge in [-0.3, -0.25) is 9.59 Å². The van der Waals surface area contributed by atoms with Crippen LogP contribution in [0, 0.1) is 0 Å². The van der Waals surface area contributed by atoms with Crippen LogP contribution in [-0.4, -0.2) is 15.7 Å². The zero-order valence-corrected chi connectivity index (χ0v) is 15.0. The molecule has 0 spiro atoms. The number of benzene rings is 2. The van der Waals surface area contributed by atoms with Crippen molar-refractivity contribution in [1.29, 1.82) is 0 Å². The van der Waals surface area contributed by atoms with Gasteiger partial charge in [-0.2, -0.15) is 5.10 Å². The molecule has 1 aliphatic rings. The second kappa shape index (κ2) is 7.19. The van der Waals surface area contributed by atoms with Gasteiger partial charge in [0.15, 0.2) is 0 Å². The molecule has 0 saturated heterocycles. The molecule has 0 atom stereocenters. The Hall–Kier alpha value is -3.21. The highest BCUT2D eigenvalue weighted by Gasteiger charge is 2.39. The lowest BCUT2D eigenvalue weighted by molar-refractivity contribution is -0.125. The lowest BCUT2D eigenvalue weighted by Crippen LogP contribution is -2.52. The molecule has 27 heavy (non-hydrogen) atoms. The number of carbonyl (C=O) groups is 1. The number of nitrogens with zero attached hydrogens (tertiary/aromatic N) is 2. The van der Waals surface area contributed by atoms with Crippen LogP contribution >= 0.6 is 0 Å². The summed E-state index contributed by atoms with van der Waals surface area (Å²) >= 11 is 0. The number of rotatable bonds is 5. The minimum Gasteiger partial charge on any atom is -0.345 e. The van der Waals surface area contributed by atoms with Crippen LogP contribution in [0.3, 0.4) is 0 Å². The Balaban J connectivity index is 1.54. The van der Waals surface area contributed by atoms with Gasteiger partial charge in [0, 0.05) is 11.6 Å². The summed E-state index contributed by atoms with van der Waals surface area (Å²) in [7, 11) is 0. The van der Waals surface area contributed by atoms with E-state index in [9.17, 15) is 9.59 Å². The maximum Gasteiger partial charge on any atom is 0.267 e. The second-order valence-electron chi connectivity index (χ2n) is 6.93. The molecular weight excluding hydrogens is 338 g/mol. The molecule has 1 amide bonds. The Kier molecular flexibility index (Phi) is 4.59. The van der Waals surface area contributed by atoms with E-state index in [4.69, 9.17) is 0 Å². The number of carbonyl (C=O) groups excluding carboxylic acids is 1. The van der Waals surface area contributed by atoms with E-state index in [0.29, 0.717) is 5.69 Å². The fraction of sp³-hybridized carbons (Fsp3) is 0.227. The molecular formula is C22H21N3O2. The van der Waals surface area contributed by atoms with E-state index in [2.05, 4.69) is 10.4 Å². The van der Waals surface area contributed by atoms with Crippen molar-refractivity contribution in [2.24, 2.45) is 0 Å². The van der Waals surface area contributed by atoms with Crippen molar-refractivity contribution in [2.75, 3.05) is 0 Å².